The van der Waals surface area contributed by atoms with Gasteiger partial charge in [-0.15, -0.1) is 11.3 Å². The van der Waals surface area contributed by atoms with E-state index in [4.69, 9.17) is 19.4 Å². The van der Waals surface area contributed by atoms with Gasteiger partial charge in [0.15, 0.2) is 11.6 Å². The Balaban J connectivity index is 1.19. The summed E-state index contributed by atoms with van der Waals surface area (Å²) in [6.45, 7) is 0. The van der Waals surface area contributed by atoms with Crippen LogP contribution < -0.4 is 0 Å². The first-order valence-electron chi connectivity index (χ1n) is 19.4. The maximum atomic E-state index is 6.73. The van der Waals surface area contributed by atoms with Crippen LogP contribution in [-0.2, 0) is 0 Å². The molecule has 8 aromatic carbocycles. The van der Waals surface area contributed by atoms with Gasteiger partial charge < -0.3 is 8.98 Å². The topological polar surface area (TPSA) is 61.7 Å². The van der Waals surface area contributed by atoms with Crippen molar-refractivity contribution in [3.05, 3.63) is 176 Å². The number of fused-ring (bicyclic) bond motifs is 13. The van der Waals surface area contributed by atoms with Crippen LogP contribution in [0.3, 0.4) is 0 Å². The predicted octanol–water partition coefficient (Wildman–Crippen LogP) is 13.7. The molecule has 0 bridgehead atoms. The molecule has 0 spiro atoms. The fraction of sp³-hybridized carbons (Fsp3) is 0. The lowest BCUT2D eigenvalue weighted by atomic mass is 10.0. The molecule has 58 heavy (non-hydrogen) atoms. The number of nitrogens with zero attached hydrogens (tertiary/aromatic N) is 5. The molecule has 13 aromatic rings. The monoisotopic (exact) mass is 759 g/mol. The summed E-state index contributed by atoms with van der Waals surface area (Å²) in [5.74, 6) is 1.78. The Kier molecular flexibility index (Phi) is 6.50. The Morgan fingerprint density at radius 2 is 0.983 bits per heavy atom. The minimum Gasteiger partial charge on any atom is -0.455 e. The molecule has 0 unspecified atom stereocenters. The Hall–Kier alpha value is -7.61. The summed E-state index contributed by atoms with van der Waals surface area (Å²) in [7, 11) is 0. The molecule has 5 heterocycles. The minimum absolute atomic E-state index is 0.567. The summed E-state index contributed by atoms with van der Waals surface area (Å²) >= 11 is 1.75. The highest BCUT2D eigenvalue weighted by Crippen LogP contribution is 2.47. The van der Waals surface area contributed by atoms with Gasteiger partial charge in [0.1, 0.15) is 11.2 Å². The molecule has 0 saturated heterocycles. The lowest BCUT2D eigenvalue weighted by molar-refractivity contribution is 0.673. The highest BCUT2D eigenvalue weighted by molar-refractivity contribution is 7.26. The summed E-state index contributed by atoms with van der Waals surface area (Å²) in [5, 5.41) is 9.11. The average molecular weight is 760 g/mol. The first-order valence-corrected chi connectivity index (χ1v) is 20.2. The first kappa shape index (κ1) is 31.6. The van der Waals surface area contributed by atoms with Crippen LogP contribution in [0, 0.1) is 0 Å². The smallest absolute Gasteiger partial charge is 0.238 e. The Labute approximate surface area is 334 Å². The zero-order valence-corrected chi connectivity index (χ0v) is 31.6. The summed E-state index contributed by atoms with van der Waals surface area (Å²) in [6, 6.07) is 61.8. The fourth-order valence-electron chi connectivity index (χ4n) is 9.07. The molecule has 7 heteroatoms. The van der Waals surface area contributed by atoms with Gasteiger partial charge >= 0.3 is 0 Å². The third kappa shape index (κ3) is 4.44. The highest BCUT2D eigenvalue weighted by atomic mass is 32.1. The summed E-state index contributed by atoms with van der Waals surface area (Å²) in [5.41, 5.74) is 8.99. The minimum atomic E-state index is 0.567. The number of hydrogen-bond acceptors (Lipinski definition) is 5. The van der Waals surface area contributed by atoms with Crippen molar-refractivity contribution < 1.29 is 4.42 Å². The van der Waals surface area contributed by atoms with Gasteiger partial charge in [-0.05, 0) is 54.6 Å². The maximum Gasteiger partial charge on any atom is 0.238 e. The molecular weight excluding hydrogens is 731 g/mol. The zero-order chi connectivity index (χ0) is 37.9. The molecule has 270 valence electrons. The molecule has 0 aliphatic heterocycles. The van der Waals surface area contributed by atoms with Crippen LogP contribution in [-0.4, -0.2) is 24.1 Å². The number of rotatable bonds is 4. The van der Waals surface area contributed by atoms with Crippen LogP contribution in [0.1, 0.15) is 0 Å². The van der Waals surface area contributed by atoms with E-state index in [1.807, 2.05) is 24.3 Å². The third-order valence-corrected chi connectivity index (χ3v) is 12.8. The molecule has 13 rings (SSSR count). The number of furan rings is 1. The van der Waals surface area contributed by atoms with Gasteiger partial charge in [-0.2, -0.15) is 9.97 Å². The van der Waals surface area contributed by atoms with Gasteiger partial charge in [0.25, 0.3) is 0 Å². The Morgan fingerprint density at radius 1 is 0.431 bits per heavy atom. The molecule has 0 fully saturated rings. The first-order chi connectivity index (χ1) is 28.8. The lowest BCUT2D eigenvalue weighted by Crippen LogP contribution is -2.06. The molecule has 0 saturated carbocycles. The van der Waals surface area contributed by atoms with Crippen molar-refractivity contribution >= 4 is 97.1 Å². The number of hydrogen-bond donors (Lipinski definition) is 0. The zero-order valence-electron chi connectivity index (χ0n) is 30.8. The normalized spacial score (nSPS) is 12.1. The van der Waals surface area contributed by atoms with E-state index in [2.05, 4.69) is 161 Å². The lowest BCUT2D eigenvalue weighted by Gasteiger charge is -2.14. The van der Waals surface area contributed by atoms with Crippen LogP contribution in [0.4, 0.5) is 0 Å². The van der Waals surface area contributed by atoms with E-state index >= 15 is 0 Å². The number of thiophene rings is 1. The predicted molar refractivity (Wildman–Crippen MR) is 240 cm³/mol. The largest absolute Gasteiger partial charge is 0.455 e. The van der Waals surface area contributed by atoms with Crippen LogP contribution >= 0.6 is 11.3 Å². The van der Waals surface area contributed by atoms with Crippen LogP contribution in [0.25, 0.3) is 120 Å². The molecular formula is C51H29N5OS. The second-order valence-electron chi connectivity index (χ2n) is 14.8. The van der Waals surface area contributed by atoms with Crippen molar-refractivity contribution in [3.8, 4) is 34.4 Å². The van der Waals surface area contributed by atoms with Gasteiger partial charge in [0.2, 0.25) is 5.95 Å². The van der Waals surface area contributed by atoms with E-state index in [-0.39, 0.29) is 0 Å². The van der Waals surface area contributed by atoms with E-state index in [0.29, 0.717) is 17.6 Å². The molecule has 0 N–H and O–H groups in total. The van der Waals surface area contributed by atoms with Crippen LogP contribution in [0.15, 0.2) is 180 Å². The Morgan fingerprint density at radius 3 is 1.64 bits per heavy atom. The molecule has 5 aromatic heterocycles. The standard InChI is InChI=1S/C51H29N5OS/c1-2-14-30(15-3-1)49-52-50(54-51(53-49)56-42-23-11-6-18-34(42)35-19-7-12-24-43(35)56)39-29-31(55-40-21-9-4-16-32(40)33-17-5-10-22-41(33)55)28-38-46-45(58-48(38)39)27-26-37-36-20-8-13-25-44(36)57-47(37)46/h1-29H. The van der Waals surface area contributed by atoms with Crippen molar-refractivity contribution in [2.75, 3.05) is 0 Å². The molecule has 0 radical (unpaired) electrons. The van der Waals surface area contributed by atoms with Crippen molar-refractivity contribution in [2.45, 2.75) is 0 Å². The van der Waals surface area contributed by atoms with E-state index in [1.165, 1.54) is 10.8 Å². The van der Waals surface area contributed by atoms with Crippen LogP contribution in [0.2, 0.25) is 0 Å². The van der Waals surface area contributed by atoms with Gasteiger partial charge in [0.05, 0.1) is 22.1 Å². The number of para-hydroxylation sites is 5. The maximum absolute atomic E-state index is 6.73. The molecule has 0 atom stereocenters. The molecule has 0 aliphatic carbocycles. The van der Waals surface area contributed by atoms with E-state index in [1.54, 1.807) is 11.3 Å². The van der Waals surface area contributed by atoms with Gasteiger partial charge in [-0.1, -0.05) is 121 Å². The third-order valence-electron chi connectivity index (χ3n) is 11.6. The summed E-state index contributed by atoms with van der Waals surface area (Å²) in [6.07, 6.45) is 0. The van der Waals surface area contributed by atoms with Crippen molar-refractivity contribution in [1.29, 1.82) is 0 Å². The SMILES string of the molecule is c1ccc(-c2nc(-c3cc(-n4c5ccccc5c5ccccc54)cc4c3sc3ccc5c6ccccc6oc5c34)nc(-n3c4ccccc4c4ccccc43)n2)cc1. The second kappa shape index (κ2) is 11.9. The van der Waals surface area contributed by atoms with E-state index < -0.39 is 0 Å². The number of benzene rings is 8. The van der Waals surface area contributed by atoms with Crippen LogP contribution in [0.5, 0.6) is 0 Å². The fourth-order valence-corrected chi connectivity index (χ4v) is 10.3. The van der Waals surface area contributed by atoms with E-state index in [0.717, 1.165) is 91.8 Å². The summed E-state index contributed by atoms with van der Waals surface area (Å²) in [4.78, 5) is 16.0. The molecule has 0 aliphatic rings. The summed E-state index contributed by atoms with van der Waals surface area (Å²) < 4.78 is 13.5. The van der Waals surface area contributed by atoms with Gasteiger partial charge in [-0.3, -0.25) is 4.57 Å². The quantitative estimate of drug-likeness (QED) is 0.179. The van der Waals surface area contributed by atoms with Crippen molar-refractivity contribution in [3.63, 3.8) is 0 Å². The average Bonchev–Trinajstić information content (AvgIpc) is 4.04. The van der Waals surface area contributed by atoms with Gasteiger partial charge in [-0.25, -0.2) is 4.98 Å². The van der Waals surface area contributed by atoms with Gasteiger partial charge in [0, 0.05) is 69.3 Å². The molecule has 6 nitrogen and oxygen atoms in total. The highest BCUT2D eigenvalue weighted by Gasteiger charge is 2.24. The van der Waals surface area contributed by atoms with Crippen molar-refractivity contribution in [1.82, 2.24) is 24.1 Å². The van der Waals surface area contributed by atoms with E-state index in [9.17, 15) is 0 Å². The van der Waals surface area contributed by atoms with Crippen molar-refractivity contribution in [2.24, 2.45) is 0 Å². The second-order valence-corrected chi connectivity index (χ2v) is 15.8. The Bertz CT molecular complexity index is 3710. The molecule has 0 amide bonds. The number of aromatic nitrogens is 5.